The molecule has 1 N–H and O–H groups in total. The molecule has 5 rings (SSSR count). The van der Waals surface area contributed by atoms with Crippen molar-refractivity contribution in [3.63, 3.8) is 0 Å². The molecule has 14 heteroatoms. The fraction of sp³-hybridized carbons (Fsp3) is 0.346. The van der Waals surface area contributed by atoms with Crippen LogP contribution in [0, 0.1) is 0 Å². The highest BCUT2D eigenvalue weighted by atomic mass is 35.5. The van der Waals surface area contributed by atoms with Gasteiger partial charge in [-0.15, -0.1) is 0 Å². The van der Waals surface area contributed by atoms with E-state index in [1.165, 1.54) is 23.1 Å². The monoisotopic (exact) mass is 586 g/mol. The van der Waals surface area contributed by atoms with E-state index in [-0.39, 0.29) is 46.3 Å². The average molecular weight is 587 g/mol. The van der Waals surface area contributed by atoms with Gasteiger partial charge in [0, 0.05) is 48.6 Å². The first-order chi connectivity index (χ1) is 18.8. The number of pyridine rings is 1. The van der Waals surface area contributed by atoms with E-state index in [9.17, 15) is 30.7 Å². The number of anilines is 2. The van der Waals surface area contributed by atoms with Gasteiger partial charge in [0.2, 0.25) is 5.95 Å². The second kappa shape index (κ2) is 10.1. The molecule has 1 aliphatic heterocycles. The Kier molecular flexibility index (Phi) is 7.05. The highest BCUT2D eigenvalue weighted by Gasteiger charge is 2.38. The summed E-state index contributed by atoms with van der Waals surface area (Å²) in [5.41, 5.74) is -0.765. The lowest BCUT2D eigenvalue weighted by Gasteiger charge is -2.33. The number of hydrogen-bond acceptors (Lipinski definition) is 5. The average Bonchev–Trinajstić information content (AvgIpc) is 3.35. The van der Waals surface area contributed by atoms with E-state index >= 15 is 0 Å². The van der Waals surface area contributed by atoms with Crippen LogP contribution in [0.1, 0.15) is 54.7 Å². The number of rotatable bonds is 6. The largest absolute Gasteiger partial charge is 0.434 e. The molecule has 4 heterocycles. The molecular formula is C26H22ClF7N6. The van der Waals surface area contributed by atoms with Gasteiger partial charge < -0.3 is 10.2 Å². The first kappa shape index (κ1) is 27.9. The van der Waals surface area contributed by atoms with Gasteiger partial charge in [0.25, 0.3) is 12.3 Å². The molecule has 40 heavy (non-hydrogen) atoms. The topological polar surface area (TPSA) is 58.4 Å². The van der Waals surface area contributed by atoms with Crippen LogP contribution in [-0.2, 0) is 6.18 Å². The summed E-state index contributed by atoms with van der Waals surface area (Å²) in [6.45, 7) is 5.02. The Hall–Kier alpha value is -3.61. The second-order valence-electron chi connectivity index (χ2n) is 9.52. The molecule has 1 aromatic carbocycles. The number of piperidine rings is 1. The number of halogens is 8. The number of benzene rings is 1. The molecule has 0 saturated carbocycles. The summed E-state index contributed by atoms with van der Waals surface area (Å²) in [6.07, 6.45) is -6.67. The van der Waals surface area contributed by atoms with E-state index in [2.05, 4.69) is 26.8 Å². The quantitative estimate of drug-likeness (QED) is 0.184. The summed E-state index contributed by atoms with van der Waals surface area (Å²) in [4.78, 5) is 13.9. The number of nitrogens with zero attached hydrogens (tertiary/aromatic N) is 5. The molecule has 4 aromatic rings. The van der Waals surface area contributed by atoms with Crippen LogP contribution in [-0.4, -0.2) is 38.4 Å². The van der Waals surface area contributed by atoms with E-state index < -0.39 is 48.7 Å². The van der Waals surface area contributed by atoms with Crippen LogP contribution in [0.15, 0.2) is 37.0 Å². The van der Waals surface area contributed by atoms with Crippen LogP contribution < -0.4 is 10.2 Å². The Morgan fingerprint density at radius 2 is 1.80 bits per heavy atom. The van der Waals surface area contributed by atoms with Gasteiger partial charge in [-0.2, -0.15) is 13.2 Å². The third-order valence-electron chi connectivity index (χ3n) is 6.78. The number of alkyl halides is 7. The van der Waals surface area contributed by atoms with Gasteiger partial charge in [0.15, 0.2) is 5.69 Å². The van der Waals surface area contributed by atoms with Gasteiger partial charge in [0.1, 0.15) is 10.8 Å². The molecule has 1 fully saturated rings. The Bertz CT molecular complexity index is 1590. The zero-order chi connectivity index (χ0) is 29.0. The summed E-state index contributed by atoms with van der Waals surface area (Å²) in [5, 5.41) is 3.32. The number of aromatic nitrogens is 4. The van der Waals surface area contributed by atoms with E-state index in [4.69, 9.17) is 11.6 Å². The second-order valence-corrected chi connectivity index (χ2v) is 9.90. The van der Waals surface area contributed by atoms with Crippen LogP contribution in [0.3, 0.4) is 0 Å². The fourth-order valence-corrected chi connectivity index (χ4v) is 4.89. The summed E-state index contributed by atoms with van der Waals surface area (Å²) < 4.78 is 97.9. The highest BCUT2D eigenvalue weighted by molar-refractivity contribution is 6.29. The number of nitrogens with one attached hydrogen (secondary N) is 1. The van der Waals surface area contributed by atoms with Gasteiger partial charge in [-0.25, -0.2) is 32.5 Å². The molecule has 0 bridgehead atoms. The Balaban J connectivity index is 1.74. The van der Waals surface area contributed by atoms with Crippen LogP contribution in [0.2, 0.25) is 5.15 Å². The van der Waals surface area contributed by atoms with Gasteiger partial charge in [-0.1, -0.05) is 18.2 Å². The molecule has 1 aliphatic rings. The first-order valence-electron chi connectivity index (χ1n) is 12.2. The molecule has 1 saturated heterocycles. The Morgan fingerprint density at radius 1 is 1.10 bits per heavy atom. The summed E-state index contributed by atoms with van der Waals surface area (Å²) in [6, 6.07) is 4.70. The minimum Gasteiger partial charge on any atom is -0.377 e. The normalized spacial score (nSPS) is 16.6. The maximum absolute atomic E-state index is 14.0. The van der Waals surface area contributed by atoms with Crippen molar-refractivity contribution in [3.8, 4) is 0 Å². The lowest BCUT2D eigenvalue weighted by molar-refractivity contribution is -0.140. The zero-order valence-corrected chi connectivity index (χ0v) is 21.7. The van der Waals surface area contributed by atoms with Crippen molar-refractivity contribution < 1.29 is 30.7 Å². The standard InChI is InChI=1S/C26H22ClF7N6/c1-3-17-18(4-5-20(27)36-17)35-13(2)15-10-14(22(28)29)11-16-21(15)38-24(39-8-6-25(30,31)7-9-39)40-12-19(26(32,33)34)37-23(16)40/h3-5,10-13,22,35H,1,6-9H2,2H3. The van der Waals surface area contributed by atoms with Crippen molar-refractivity contribution in [2.24, 2.45) is 0 Å². The minimum atomic E-state index is -4.84. The molecule has 0 radical (unpaired) electrons. The van der Waals surface area contributed by atoms with E-state index in [0.29, 0.717) is 17.6 Å². The van der Waals surface area contributed by atoms with Gasteiger partial charge in [0.05, 0.1) is 22.9 Å². The summed E-state index contributed by atoms with van der Waals surface area (Å²) >= 11 is 5.96. The lowest BCUT2D eigenvalue weighted by Crippen LogP contribution is -2.40. The van der Waals surface area contributed by atoms with Gasteiger partial charge in [-0.3, -0.25) is 4.40 Å². The van der Waals surface area contributed by atoms with Crippen LogP contribution in [0.25, 0.3) is 22.6 Å². The van der Waals surface area contributed by atoms with Crippen molar-refractivity contribution in [2.75, 3.05) is 23.3 Å². The molecule has 3 aromatic heterocycles. The summed E-state index contributed by atoms with van der Waals surface area (Å²) in [7, 11) is 0. The van der Waals surface area contributed by atoms with Crippen LogP contribution in [0.5, 0.6) is 0 Å². The zero-order valence-electron chi connectivity index (χ0n) is 20.9. The fourth-order valence-electron chi connectivity index (χ4n) is 4.74. The number of fused-ring (bicyclic) bond motifs is 3. The minimum absolute atomic E-state index is 0.0405. The maximum atomic E-state index is 14.0. The molecule has 0 amide bonds. The van der Waals surface area contributed by atoms with Gasteiger partial charge in [-0.05, 0) is 37.3 Å². The third-order valence-corrected chi connectivity index (χ3v) is 6.99. The Labute approximate surface area is 228 Å². The third kappa shape index (κ3) is 5.26. The van der Waals surface area contributed by atoms with Crippen molar-refractivity contribution in [2.45, 2.75) is 44.3 Å². The highest BCUT2D eigenvalue weighted by Crippen LogP contribution is 2.38. The predicted molar refractivity (Wildman–Crippen MR) is 138 cm³/mol. The first-order valence-corrected chi connectivity index (χ1v) is 12.6. The van der Waals surface area contributed by atoms with Crippen molar-refractivity contribution >= 4 is 45.9 Å². The molecule has 1 unspecified atom stereocenters. The molecular weight excluding hydrogens is 565 g/mol. The van der Waals surface area contributed by atoms with Crippen molar-refractivity contribution in [1.82, 2.24) is 19.4 Å². The van der Waals surface area contributed by atoms with Crippen LogP contribution >= 0.6 is 11.6 Å². The van der Waals surface area contributed by atoms with Crippen molar-refractivity contribution in [3.05, 3.63) is 64.7 Å². The maximum Gasteiger partial charge on any atom is 0.434 e. The molecule has 0 aliphatic carbocycles. The number of imidazole rings is 1. The number of hydrogen-bond donors (Lipinski definition) is 1. The lowest BCUT2D eigenvalue weighted by atomic mass is 10.00. The molecule has 0 spiro atoms. The van der Waals surface area contributed by atoms with Crippen LogP contribution in [0.4, 0.5) is 42.4 Å². The summed E-state index contributed by atoms with van der Waals surface area (Å²) in [5.74, 6) is -2.96. The Morgan fingerprint density at radius 3 is 2.42 bits per heavy atom. The van der Waals surface area contributed by atoms with E-state index in [1.807, 2.05) is 0 Å². The van der Waals surface area contributed by atoms with E-state index in [1.54, 1.807) is 13.0 Å². The molecule has 212 valence electrons. The van der Waals surface area contributed by atoms with Gasteiger partial charge >= 0.3 is 6.18 Å². The molecule has 6 nitrogen and oxygen atoms in total. The molecule has 1 atom stereocenters. The van der Waals surface area contributed by atoms with Crippen molar-refractivity contribution in [1.29, 1.82) is 0 Å². The van der Waals surface area contributed by atoms with E-state index in [0.717, 1.165) is 10.5 Å². The SMILES string of the molecule is C=Cc1nc(Cl)ccc1NC(C)c1cc(C(F)F)cc2c1nc(N1CCC(F)(F)CC1)n1cc(C(F)(F)F)nc21. The predicted octanol–water partition coefficient (Wildman–Crippen LogP) is 7.94. The smallest absolute Gasteiger partial charge is 0.377 e.